The number of ketones is 1. The average molecular weight is 113 g/mol. The number of carbonyl (C=O) groups is 1. The van der Waals surface area contributed by atoms with Crippen molar-refractivity contribution in [1.82, 2.24) is 5.06 Å². The first-order chi connectivity index (χ1) is 3.79. The highest BCUT2D eigenvalue weighted by molar-refractivity contribution is 5.82. The highest BCUT2D eigenvalue weighted by Gasteiger charge is 2.06. The van der Waals surface area contributed by atoms with Gasteiger partial charge >= 0.3 is 0 Å². The van der Waals surface area contributed by atoms with Crippen LogP contribution >= 0.6 is 0 Å². The Morgan fingerprint density at radius 3 is 2.88 bits per heavy atom. The Hall–Kier alpha value is -0.830. The van der Waals surface area contributed by atoms with Gasteiger partial charge in [0.2, 0.25) is 0 Å². The number of hydroxylamine groups is 2. The molecule has 1 heterocycles. The van der Waals surface area contributed by atoms with E-state index in [2.05, 4.69) is 0 Å². The monoisotopic (exact) mass is 113 g/mol. The van der Waals surface area contributed by atoms with Gasteiger partial charge in [-0.05, 0) is 0 Å². The summed E-state index contributed by atoms with van der Waals surface area (Å²) in [4.78, 5) is 10.4. The average Bonchev–Trinajstić information content (AvgIpc) is 1.64. The van der Waals surface area contributed by atoms with E-state index < -0.39 is 0 Å². The Morgan fingerprint density at radius 2 is 2.50 bits per heavy atom. The molecule has 44 valence electrons. The van der Waals surface area contributed by atoms with Gasteiger partial charge in [-0.1, -0.05) is 6.08 Å². The van der Waals surface area contributed by atoms with E-state index in [4.69, 9.17) is 5.21 Å². The van der Waals surface area contributed by atoms with Crippen LogP contribution in [0.5, 0.6) is 0 Å². The first-order valence-corrected chi connectivity index (χ1v) is 2.43. The fourth-order valence-corrected chi connectivity index (χ4v) is 0.604. The molecule has 0 fully saturated rings. The van der Waals surface area contributed by atoms with Crippen LogP contribution in [-0.2, 0) is 4.79 Å². The lowest BCUT2D eigenvalue weighted by Crippen LogP contribution is -2.24. The molecule has 0 aliphatic carbocycles. The maximum absolute atomic E-state index is 10.4. The second-order valence-electron chi connectivity index (χ2n) is 1.73. The van der Waals surface area contributed by atoms with E-state index in [-0.39, 0.29) is 12.3 Å². The smallest absolute Gasteiger partial charge is 0.158 e. The van der Waals surface area contributed by atoms with Crippen LogP contribution in [0.4, 0.5) is 0 Å². The minimum absolute atomic E-state index is 0.0509. The first kappa shape index (κ1) is 5.31. The number of Topliss-reactive ketones (excluding diaryl/α,β-unsaturated/α-hetero) is 1. The molecule has 0 unspecified atom stereocenters. The molecule has 0 amide bonds. The molecule has 1 rings (SSSR count). The van der Waals surface area contributed by atoms with Crippen molar-refractivity contribution >= 4 is 5.78 Å². The van der Waals surface area contributed by atoms with E-state index in [0.717, 1.165) is 5.06 Å². The predicted octanol–water partition coefficient (Wildman–Crippen LogP) is 0.164. The fourth-order valence-electron chi connectivity index (χ4n) is 0.604. The second-order valence-corrected chi connectivity index (χ2v) is 1.73. The first-order valence-electron chi connectivity index (χ1n) is 2.43. The molecular weight excluding hydrogens is 106 g/mol. The van der Waals surface area contributed by atoms with Crippen molar-refractivity contribution < 1.29 is 10.0 Å². The van der Waals surface area contributed by atoms with Crippen LogP contribution in [0.25, 0.3) is 0 Å². The number of allylic oxidation sites excluding steroid dienone is 1. The Bertz CT molecular complexity index is 130. The van der Waals surface area contributed by atoms with Gasteiger partial charge < -0.3 is 0 Å². The van der Waals surface area contributed by atoms with Gasteiger partial charge in [-0.3, -0.25) is 15.1 Å². The topological polar surface area (TPSA) is 40.5 Å². The fraction of sp³-hybridized carbons (Fsp3) is 0.400. The standard InChI is InChI=1S/C5H7NO2/c7-5-2-1-3-6(8)4-5/h1,3,8H,2,4H2. The normalized spacial score (nSPS) is 19.6. The van der Waals surface area contributed by atoms with Gasteiger partial charge in [-0.2, -0.15) is 0 Å². The summed E-state index contributed by atoms with van der Waals surface area (Å²) in [5.41, 5.74) is 0. The van der Waals surface area contributed by atoms with Crippen LogP contribution in [-0.4, -0.2) is 22.6 Å². The minimum atomic E-state index is 0.0509. The van der Waals surface area contributed by atoms with Crippen molar-refractivity contribution in [3.8, 4) is 0 Å². The molecule has 0 spiro atoms. The molecule has 1 aliphatic heterocycles. The molecule has 0 aromatic rings. The molecule has 0 aromatic carbocycles. The zero-order valence-corrected chi connectivity index (χ0v) is 4.37. The summed E-state index contributed by atoms with van der Waals surface area (Å²) in [5, 5.41) is 9.49. The molecule has 0 bridgehead atoms. The van der Waals surface area contributed by atoms with Gasteiger partial charge in [0, 0.05) is 12.6 Å². The van der Waals surface area contributed by atoms with Gasteiger partial charge in [0.25, 0.3) is 0 Å². The third kappa shape index (κ3) is 1.07. The van der Waals surface area contributed by atoms with Crippen LogP contribution in [0.2, 0.25) is 0 Å². The lowest BCUT2D eigenvalue weighted by atomic mass is 10.2. The molecule has 1 aliphatic rings. The number of carbonyl (C=O) groups excluding carboxylic acids is 1. The van der Waals surface area contributed by atoms with Crippen LogP contribution in [0.15, 0.2) is 12.3 Å². The summed E-state index contributed by atoms with van der Waals surface area (Å²) in [7, 11) is 0. The van der Waals surface area contributed by atoms with Gasteiger partial charge in [-0.15, -0.1) is 0 Å². The van der Waals surface area contributed by atoms with Crippen molar-refractivity contribution in [3.05, 3.63) is 12.3 Å². The summed E-state index contributed by atoms with van der Waals surface area (Å²) in [6.45, 7) is 0.135. The Balaban J connectivity index is 2.54. The van der Waals surface area contributed by atoms with E-state index in [1.807, 2.05) is 0 Å². The Kier molecular flexibility index (Phi) is 1.30. The van der Waals surface area contributed by atoms with E-state index in [1.54, 1.807) is 6.08 Å². The van der Waals surface area contributed by atoms with Crippen molar-refractivity contribution in [2.24, 2.45) is 0 Å². The highest BCUT2D eigenvalue weighted by Crippen LogP contribution is 1.97. The quantitative estimate of drug-likeness (QED) is 0.486. The summed E-state index contributed by atoms with van der Waals surface area (Å²) in [6.07, 6.45) is 3.57. The maximum Gasteiger partial charge on any atom is 0.158 e. The third-order valence-corrected chi connectivity index (χ3v) is 0.961. The summed E-state index contributed by atoms with van der Waals surface area (Å²) < 4.78 is 0. The second kappa shape index (κ2) is 1.96. The van der Waals surface area contributed by atoms with Crippen molar-refractivity contribution in [3.63, 3.8) is 0 Å². The van der Waals surface area contributed by atoms with Crippen molar-refractivity contribution in [1.29, 1.82) is 0 Å². The van der Waals surface area contributed by atoms with Crippen LogP contribution in [0, 0.1) is 0 Å². The van der Waals surface area contributed by atoms with Crippen LogP contribution < -0.4 is 0 Å². The highest BCUT2D eigenvalue weighted by atomic mass is 16.5. The van der Waals surface area contributed by atoms with Crippen LogP contribution in [0.1, 0.15) is 6.42 Å². The van der Waals surface area contributed by atoms with E-state index in [1.165, 1.54) is 6.20 Å². The lowest BCUT2D eigenvalue weighted by Gasteiger charge is -2.13. The number of nitrogens with zero attached hydrogens (tertiary/aromatic N) is 1. The number of hydrogen-bond donors (Lipinski definition) is 1. The van der Waals surface area contributed by atoms with E-state index >= 15 is 0 Å². The summed E-state index contributed by atoms with van der Waals surface area (Å²) >= 11 is 0. The number of hydrogen-bond acceptors (Lipinski definition) is 3. The largest absolute Gasteiger partial charge is 0.297 e. The van der Waals surface area contributed by atoms with Crippen molar-refractivity contribution in [2.75, 3.05) is 6.54 Å². The van der Waals surface area contributed by atoms with Gasteiger partial charge in [0.1, 0.15) is 6.54 Å². The lowest BCUT2D eigenvalue weighted by molar-refractivity contribution is -0.128. The molecule has 0 saturated carbocycles. The molecule has 0 saturated heterocycles. The van der Waals surface area contributed by atoms with Crippen molar-refractivity contribution in [2.45, 2.75) is 6.42 Å². The van der Waals surface area contributed by atoms with Gasteiger partial charge in [0.15, 0.2) is 5.78 Å². The maximum atomic E-state index is 10.4. The zero-order valence-electron chi connectivity index (χ0n) is 4.37. The molecule has 8 heavy (non-hydrogen) atoms. The Labute approximate surface area is 47.2 Å². The third-order valence-electron chi connectivity index (χ3n) is 0.961. The minimum Gasteiger partial charge on any atom is -0.297 e. The molecule has 3 nitrogen and oxygen atoms in total. The molecule has 0 atom stereocenters. The Morgan fingerprint density at radius 1 is 1.75 bits per heavy atom. The SMILES string of the molecule is O=C1CC=CN(O)C1. The number of rotatable bonds is 0. The molecule has 3 heteroatoms. The van der Waals surface area contributed by atoms with E-state index in [9.17, 15) is 4.79 Å². The summed E-state index contributed by atoms with van der Waals surface area (Å²) in [5.74, 6) is 0.0509. The van der Waals surface area contributed by atoms with Gasteiger partial charge in [-0.25, -0.2) is 0 Å². The molecular formula is C5H7NO2. The summed E-state index contributed by atoms with van der Waals surface area (Å²) in [6, 6.07) is 0. The van der Waals surface area contributed by atoms with Crippen LogP contribution in [0.3, 0.4) is 0 Å². The predicted molar refractivity (Wildman–Crippen MR) is 27.3 cm³/mol. The zero-order chi connectivity index (χ0) is 5.98. The molecule has 1 N–H and O–H groups in total. The van der Waals surface area contributed by atoms with E-state index in [0.29, 0.717) is 6.42 Å². The van der Waals surface area contributed by atoms with Gasteiger partial charge in [0.05, 0.1) is 0 Å². The molecule has 0 radical (unpaired) electrons. The molecule has 0 aromatic heterocycles.